The minimum absolute atomic E-state index is 0.171. The number of aliphatic carboxylic acids is 1. The summed E-state index contributed by atoms with van der Waals surface area (Å²) < 4.78 is 0. The second kappa shape index (κ2) is 7.46. The summed E-state index contributed by atoms with van der Waals surface area (Å²) >= 11 is 0. The topological polar surface area (TPSA) is 60.8 Å². The van der Waals surface area contributed by atoms with Crippen LogP contribution in [0.5, 0.6) is 5.75 Å². The molecule has 1 aromatic carbocycles. The van der Waals surface area contributed by atoms with Crippen LogP contribution in [0.15, 0.2) is 29.8 Å². The van der Waals surface area contributed by atoms with Gasteiger partial charge in [0, 0.05) is 5.57 Å². The Labute approximate surface area is 102 Å². The second-order valence-electron chi connectivity index (χ2n) is 4.07. The molecule has 0 aliphatic rings. The molecule has 2 N–H and O–H groups in total. The Hall–Kier alpha value is -1.81. The molecule has 4 heteroatoms. The van der Waals surface area contributed by atoms with Gasteiger partial charge in [0.1, 0.15) is 5.75 Å². The highest BCUT2D eigenvalue weighted by Crippen LogP contribution is 2.12. The first-order chi connectivity index (χ1) is 7.82. The van der Waals surface area contributed by atoms with E-state index in [2.05, 4.69) is 0 Å². The summed E-state index contributed by atoms with van der Waals surface area (Å²) in [5.41, 5.74) is 1.03. The molecular formula is C13H19NO3. The van der Waals surface area contributed by atoms with Gasteiger partial charge in [-0.15, -0.1) is 0 Å². The van der Waals surface area contributed by atoms with Crippen molar-refractivity contribution in [3.63, 3.8) is 0 Å². The van der Waals surface area contributed by atoms with Crippen molar-refractivity contribution in [2.45, 2.75) is 6.92 Å². The predicted molar refractivity (Wildman–Crippen MR) is 69.0 cm³/mol. The number of aromatic hydroxyl groups is 1. The summed E-state index contributed by atoms with van der Waals surface area (Å²) in [5.74, 6) is -0.766. The number of carbonyl (C=O) groups is 1. The van der Waals surface area contributed by atoms with Crippen molar-refractivity contribution in [1.82, 2.24) is 4.90 Å². The lowest BCUT2D eigenvalue weighted by molar-refractivity contribution is -0.132. The van der Waals surface area contributed by atoms with E-state index in [0.717, 1.165) is 5.56 Å². The van der Waals surface area contributed by atoms with E-state index in [1.165, 1.54) is 19.1 Å². The molecule has 0 aromatic heterocycles. The Morgan fingerprint density at radius 2 is 1.59 bits per heavy atom. The number of nitrogens with zero attached hydrogens (tertiary/aromatic N) is 1. The van der Waals surface area contributed by atoms with Crippen molar-refractivity contribution in [2.75, 3.05) is 21.1 Å². The van der Waals surface area contributed by atoms with Gasteiger partial charge < -0.3 is 15.1 Å². The van der Waals surface area contributed by atoms with Gasteiger partial charge in [0.25, 0.3) is 0 Å². The number of hydrogen-bond acceptors (Lipinski definition) is 3. The van der Waals surface area contributed by atoms with Crippen LogP contribution in [0.1, 0.15) is 12.5 Å². The minimum atomic E-state index is -0.937. The molecule has 0 amide bonds. The molecule has 0 aliphatic heterocycles. The van der Waals surface area contributed by atoms with Crippen LogP contribution in [0.3, 0.4) is 0 Å². The van der Waals surface area contributed by atoms with Crippen molar-refractivity contribution in [3.05, 3.63) is 35.4 Å². The fraction of sp³-hybridized carbons (Fsp3) is 0.308. The number of carboxylic acids is 1. The summed E-state index contributed by atoms with van der Waals surface area (Å²) in [6.45, 7) is 1.52. The number of hydrogen-bond donors (Lipinski definition) is 2. The highest BCUT2D eigenvalue weighted by molar-refractivity contribution is 5.91. The number of phenols is 1. The molecule has 0 radical (unpaired) electrons. The summed E-state index contributed by atoms with van der Waals surface area (Å²) in [4.78, 5) is 12.5. The second-order valence-corrected chi connectivity index (χ2v) is 4.07. The average molecular weight is 237 g/mol. The molecular weight excluding hydrogens is 218 g/mol. The van der Waals surface area contributed by atoms with Crippen LogP contribution in [-0.2, 0) is 4.79 Å². The maximum Gasteiger partial charge on any atom is 0.331 e. The molecule has 0 spiro atoms. The maximum absolute atomic E-state index is 10.5. The zero-order valence-corrected chi connectivity index (χ0v) is 10.6. The Kier molecular flexibility index (Phi) is 6.67. The number of rotatable bonds is 2. The van der Waals surface area contributed by atoms with E-state index >= 15 is 0 Å². The van der Waals surface area contributed by atoms with Gasteiger partial charge in [-0.3, -0.25) is 0 Å². The first-order valence-corrected chi connectivity index (χ1v) is 5.14. The molecule has 0 aliphatic carbocycles. The largest absolute Gasteiger partial charge is 0.508 e. The van der Waals surface area contributed by atoms with Crippen LogP contribution in [0.25, 0.3) is 6.08 Å². The normalized spacial score (nSPS) is 10.8. The molecule has 1 aromatic rings. The van der Waals surface area contributed by atoms with Crippen LogP contribution < -0.4 is 0 Å². The molecule has 0 bridgehead atoms. The lowest BCUT2D eigenvalue weighted by atomic mass is 10.1. The minimum Gasteiger partial charge on any atom is -0.508 e. The third kappa shape index (κ3) is 8.04. The summed E-state index contributed by atoms with van der Waals surface area (Å²) in [5, 5.41) is 17.5. The molecule has 1 rings (SSSR count). The van der Waals surface area contributed by atoms with E-state index in [9.17, 15) is 4.79 Å². The Bertz CT molecular complexity index is 377. The van der Waals surface area contributed by atoms with E-state index < -0.39 is 5.97 Å². The van der Waals surface area contributed by atoms with E-state index in [-0.39, 0.29) is 11.3 Å². The predicted octanol–water partition coefficient (Wildman–Crippen LogP) is 2.06. The van der Waals surface area contributed by atoms with Crippen LogP contribution in [0, 0.1) is 0 Å². The molecule has 0 saturated carbocycles. The van der Waals surface area contributed by atoms with Gasteiger partial charge in [-0.1, -0.05) is 12.1 Å². The third-order valence-electron chi connectivity index (χ3n) is 1.61. The summed E-state index contributed by atoms with van der Waals surface area (Å²) in [6, 6.07) is 6.34. The van der Waals surface area contributed by atoms with Crippen LogP contribution in [0.2, 0.25) is 0 Å². The quantitative estimate of drug-likeness (QED) is 0.773. The highest BCUT2D eigenvalue weighted by Gasteiger charge is 1.99. The van der Waals surface area contributed by atoms with Gasteiger partial charge >= 0.3 is 5.97 Å². The van der Waals surface area contributed by atoms with Crippen molar-refractivity contribution in [3.8, 4) is 5.75 Å². The van der Waals surface area contributed by atoms with Crippen molar-refractivity contribution < 1.29 is 15.0 Å². The molecule has 0 fully saturated rings. The molecule has 0 heterocycles. The third-order valence-corrected chi connectivity index (χ3v) is 1.61. The van der Waals surface area contributed by atoms with E-state index in [0.29, 0.717) is 0 Å². The average Bonchev–Trinajstić information content (AvgIpc) is 2.20. The Balaban J connectivity index is 0.000000557. The van der Waals surface area contributed by atoms with E-state index in [1.807, 2.05) is 26.0 Å². The van der Waals surface area contributed by atoms with Crippen LogP contribution in [0.4, 0.5) is 0 Å². The SMILES string of the molecule is CC(=Cc1ccc(O)cc1)C(=O)O.CN(C)C. The Morgan fingerprint density at radius 3 is 1.94 bits per heavy atom. The summed E-state index contributed by atoms with van der Waals surface area (Å²) in [7, 11) is 6.00. The molecule has 0 unspecified atom stereocenters. The van der Waals surface area contributed by atoms with Crippen molar-refractivity contribution in [2.24, 2.45) is 0 Å². The van der Waals surface area contributed by atoms with Gasteiger partial charge in [0.2, 0.25) is 0 Å². The standard InChI is InChI=1S/C10H10O3.C3H9N/c1-7(10(12)13)6-8-2-4-9(11)5-3-8;1-4(2)3/h2-6,11H,1H3,(H,12,13);1-3H3. The van der Waals surface area contributed by atoms with Gasteiger partial charge in [-0.25, -0.2) is 4.79 Å². The monoisotopic (exact) mass is 237 g/mol. The number of phenolic OH excluding ortho intramolecular Hbond substituents is 1. The van der Waals surface area contributed by atoms with Crippen LogP contribution >= 0.6 is 0 Å². The number of carboxylic acid groups (broad SMARTS) is 1. The molecule has 94 valence electrons. The first-order valence-electron chi connectivity index (χ1n) is 5.14. The summed E-state index contributed by atoms with van der Waals surface area (Å²) in [6.07, 6.45) is 1.54. The zero-order chi connectivity index (χ0) is 13.4. The molecule has 17 heavy (non-hydrogen) atoms. The molecule has 0 atom stereocenters. The van der Waals surface area contributed by atoms with Crippen molar-refractivity contribution >= 4 is 12.0 Å². The highest BCUT2D eigenvalue weighted by atomic mass is 16.4. The lowest BCUT2D eigenvalue weighted by Gasteiger charge is -1.95. The van der Waals surface area contributed by atoms with E-state index in [1.54, 1.807) is 18.2 Å². The fourth-order valence-electron chi connectivity index (χ4n) is 0.882. The Morgan fingerprint density at radius 1 is 1.18 bits per heavy atom. The molecule has 0 saturated heterocycles. The van der Waals surface area contributed by atoms with Crippen molar-refractivity contribution in [1.29, 1.82) is 0 Å². The molecule has 4 nitrogen and oxygen atoms in total. The zero-order valence-electron chi connectivity index (χ0n) is 10.6. The maximum atomic E-state index is 10.5. The van der Waals surface area contributed by atoms with E-state index in [4.69, 9.17) is 10.2 Å². The smallest absolute Gasteiger partial charge is 0.331 e. The van der Waals surface area contributed by atoms with Gasteiger partial charge in [-0.2, -0.15) is 0 Å². The van der Waals surface area contributed by atoms with Gasteiger partial charge in [-0.05, 0) is 51.8 Å². The van der Waals surface area contributed by atoms with Crippen LogP contribution in [-0.4, -0.2) is 42.2 Å². The van der Waals surface area contributed by atoms with Gasteiger partial charge in [0.15, 0.2) is 0 Å². The lowest BCUT2D eigenvalue weighted by Crippen LogP contribution is -1.99. The number of benzene rings is 1. The van der Waals surface area contributed by atoms with Gasteiger partial charge in [0.05, 0.1) is 0 Å². The first kappa shape index (κ1) is 15.2. The fourth-order valence-corrected chi connectivity index (χ4v) is 0.882.